The summed E-state index contributed by atoms with van der Waals surface area (Å²) in [6, 6.07) is 18.0. The SMILES string of the molecule is CCOc1ccc(C(O)=C2C(=O)C(=O)N(c3nc4c(C)cc(C)cc4s3)[C@H]2c2ccc(C(C)(C)C)cc2)cc1. The van der Waals surface area contributed by atoms with Crippen LogP contribution >= 0.6 is 11.3 Å². The minimum absolute atomic E-state index is 0.0415. The number of aliphatic hydroxyl groups excluding tert-OH is 1. The van der Waals surface area contributed by atoms with Crippen molar-refractivity contribution >= 4 is 44.1 Å². The number of ketones is 1. The largest absolute Gasteiger partial charge is 0.507 e. The molecule has 0 spiro atoms. The normalized spacial score (nSPS) is 17.3. The van der Waals surface area contributed by atoms with Crippen molar-refractivity contribution in [2.45, 2.75) is 53.0 Å². The van der Waals surface area contributed by atoms with Gasteiger partial charge in [-0.2, -0.15) is 0 Å². The van der Waals surface area contributed by atoms with Crippen molar-refractivity contribution in [3.8, 4) is 5.75 Å². The van der Waals surface area contributed by atoms with Crippen LogP contribution in [0.25, 0.3) is 16.0 Å². The third-order valence-electron chi connectivity index (χ3n) is 7.00. The summed E-state index contributed by atoms with van der Waals surface area (Å²) in [6.07, 6.45) is 0. The number of aryl methyl sites for hydroxylation is 2. The topological polar surface area (TPSA) is 79.7 Å². The number of thiazole rings is 1. The van der Waals surface area contributed by atoms with Gasteiger partial charge in [-0.1, -0.05) is 62.4 Å². The lowest BCUT2D eigenvalue weighted by Gasteiger charge is -2.24. The summed E-state index contributed by atoms with van der Waals surface area (Å²) < 4.78 is 6.46. The zero-order valence-corrected chi connectivity index (χ0v) is 23.8. The van der Waals surface area contributed by atoms with Gasteiger partial charge in [0.05, 0.1) is 28.4 Å². The number of carbonyl (C=O) groups is 2. The lowest BCUT2D eigenvalue weighted by atomic mass is 9.85. The van der Waals surface area contributed by atoms with E-state index in [4.69, 9.17) is 9.72 Å². The maximum absolute atomic E-state index is 13.6. The average molecular weight is 541 g/mol. The van der Waals surface area contributed by atoms with Gasteiger partial charge in [0.15, 0.2) is 5.13 Å². The van der Waals surface area contributed by atoms with Crippen LogP contribution in [0.15, 0.2) is 66.2 Å². The second-order valence-electron chi connectivity index (χ2n) is 10.9. The monoisotopic (exact) mass is 540 g/mol. The number of nitrogens with zero attached hydrogens (tertiary/aromatic N) is 2. The van der Waals surface area contributed by atoms with Crippen LogP contribution in [0, 0.1) is 13.8 Å². The van der Waals surface area contributed by atoms with Crippen molar-refractivity contribution in [1.29, 1.82) is 0 Å². The van der Waals surface area contributed by atoms with E-state index in [-0.39, 0.29) is 16.7 Å². The average Bonchev–Trinajstić information content (AvgIpc) is 3.42. The van der Waals surface area contributed by atoms with E-state index in [2.05, 4.69) is 26.8 Å². The Labute approximate surface area is 232 Å². The molecule has 3 aromatic carbocycles. The van der Waals surface area contributed by atoms with Crippen LogP contribution < -0.4 is 9.64 Å². The predicted octanol–water partition coefficient (Wildman–Crippen LogP) is 7.24. The lowest BCUT2D eigenvalue weighted by Crippen LogP contribution is -2.29. The fourth-order valence-corrected chi connectivity index (χ4v) is 6.17. The summed E-state index contributed by atoms with van der Waals surface area (Å²) in [5, 5.41) is 11.9. The van der Waals surface area contributed by atoms with Crippen LogP contribution in [0.4, 0.5) is 5.13 Å². The Morgan fingerprint density at radius 1 is 1.03 bits per heavy atom. The van der Waals surface area contributed by atoms with E-state index in [0.717, 1.165) is 32.5 Å². The van der Waals surface area contributed by atoms with Crippen LogP contribution in [0.3, 0.4) is 0 Å². The number of carbonyl (C=O) groups excluding carboxylic acids is 2. The van der Waals surface area contributed by atoms with Gasteiger partial charge in [-0.15, -0.1) is 0 Å². The van der Waals surface area contributed by atoms with Gasteiger partial charge in [-0.05, 0) is 78.8 Å². The second-order valence-corrected chi connectivity index (χ2v) is 11.9. The molecule has 0 unspecified atom stereocenters. The molecule has 0 saturated carbocycles. The fraction of sp³-hybridized carbons (Fsp3) is 0.281. The standard InChI is InChI=1S/C32H32N2O4S/c1-7-38-23-14-10-21(11-15-23)28(35)25-27(20-8-12-22(13-9-20)32(4,5)6)34(30(37)29(25)36)31-33-26-19(3)16-18(2)17-24(26)39-31/h8-17,27,35H,7H2,1-6H3/t27-/m0/s1. The highest BCUT2D eigenvalue weighted by molar-refractivity contribution is 7.22. The Kier molecular flexibility index (Phi) is 6.81. The van der Waals surface area contributed by atoms with Crippen LogP contribution in [-0.2, 0) is 15.0 Å². The van der Waals surface area contributed by atoms with Gasteiger partial charge >= 0.3 is 5.91 Å². The number of hydrogen-bond acceptors (Lipinski definition) is 6. The molecule has 1 aliphatic rings. The quantitative estimate of drug-likeness (QED) is 0.164. The predicted molar refractivity (Wildman–Crippen MR) is 157 cm³/mol. The summed E-state index contributed by atoms with van der Waals surface area (Å²) >= 11 is 1.37. The molecule has 0 bridgehead atoms. The Balaban J connectivity index is 1.70. The van der Waals surface area contributed by atoms with Gasteiger partial charge in [-0.25, -0.2) is 4.98 Å². The summed E-state index contributed by atoms with van der Waals surface area (Å²) in [4.78, 5) is 33.4. The summed E-state index contributed by atoms with van der Waals surface area (Å²) in [5.74, 6) is -1.01. The highest BCUT2D eigenvalue weighted by atomic mass is 32.1. The van der Waals surface area contributed by atoms with Gasteiger partial charge in [0, 0.05) is 5.56 Å². The highest BCUT2D eigenvalue weighted by Gasteiger charge is 2.48. The molecule has 0 radical (unpaired) electrons. The van der Waals surface area contributed by atoms with E-state index in [1.807, 2.05) is 51.1 Å². The second kappa shape index (κ2) is 9.97. The molecule has 1 fully saturated rings. The Morgan fingerprint density at radius 3 is 2.31 bits per heavy atom. The zero-order valence-electron chi connectivity index (χ0n) is 23.0. The van der Waals surface area contributed by atoms with Gasteiger partial charge in [0.1, 0.15) is 11.5 Å². The molecule has 5 rings (SSSR count). The Morgan fingerprint density at radius 2 is 1.69 bits per heavy atom. The number of aromatic nitrogens is 1. The fourth-order valence-electron chi connectivity index (χ4n) is 5.00. The lowest BCUT2D eigenvalue weighted by molar-refractivity contribution is -0.132. The molecule has 1 aromatic heterocycles. The summed E-state index contributed by atoms with van der Waals surface area (Å²) in [5.41, 5.74) is 5.17. The number of amides is 1. The zero-order chi connectivity index (χ0) is 28.1. The molecule has 1 atom stereocenters. The van der Waals surface area contributed by atoms with Crippen molar-refractivity contribution in [3.05, 3.63) is 94.1 Å². The first-order valence-electron chi connectivity index (χ1n) is 13.0. The van der Waals surface area contributed by atoms with Crippen molar-refractivity contribution in [2.24, 2.45) is 0 Å². The third-order valence-corrected chi connectivity index (χ3v) is 8.00. The Bertz CT molecular complexity index is 1610. The van der Waals surface area contributed by atoms with E-state index in [1.54, 1.807) is 24.3 Å². The molecule has 1 N–H and O–H groups in total. The molecule has 2 heterocycles. The number of rotatable bonds is 5. The van der Waals surface area contributed by atoms with E-state index in [9.17, 15) is 14.7 Å². The van der Waals surface area contributed by atoms with Crippen molar-refractivity contribution in [1.82, 2.24) is 4.98 Å². The van der Waals surface area contributed by atoms with E-state index < -0.39 is 17.7 Å². The molecule has 4 aromatic rings. The smallest absolute Gasteiger partial charge is 0.301 e. The van der Waals surface area contributed by atoms with Crippen LogP contribution in [0.5, 0.6) is 5.75 Å². The molecule has 1 amide bonds. The maximum atomic E-state index is 13.6. The minimum atomic E-state index is -0.826. The maximum Gasteiger partial charge on any atom is 0.301 e. The number of fused-ring (bicyclic) bond motifs is 1. The molecule has 6 nitrogen and oxygen atoms in total. The van der Waals surface area contributed by atoms with Gasteiger partial charge in [-0.3, -0.25) is 14.5 Å². The van der Waals surface area contributed by atoms with Crippen LogP contribution in [0.1, 0.15) is 61.6 Å². The summed E-state index contributed by atoms with van der Waals surface area (Å²) in [6.45, 7) is 12.8. The molecule has 7 heteroatoms. The number of anilines is 1. The number of ether oxygens (including phenoxy) is 1. The molecule has 0 aliphatic carbocycles. The first kappa shape index (κ1) is 26.6. The van der Waals surface area contributed by atoms with Crippen LogP contribution in [0.2, 0.25) is 0 Å². The highest BCUT2D eigenvalue weighted by Crippen LogP contribution is 2.45. The molecule has 39 heavy (non-hydrogen) atoms. The number of hydrogen-bond donors (Lipinski definition) is 1. The van der Waals surface area contributed by atoms with E-state index >= 15 is 0 Å². The Hall–Kier alpha value is -3.97. The number of aliphatic hydroxyl groups is 1. The summed E-state index contributed by atoms with van der Waals surface area (Å²) in [7, 11) is 0. The van der Waals surface area contributed by atoms with Crippen molar-refractivity contribution < 1.29 is 19.4 Å². The van der Waals surface area contributed by atoms with E-state index in [0.29, 0.717) is 23.1 Å². The molecule has 1 saturated heterocycles. The first-order chi connectivity index (χ1) is 18.5. The van der Waals surface area contributed by atoms with E-state index in [1.165, 1.54) is 16.2 Å². The van der Waals surface area contributed by atoms with Gasteiger partial charge < -0.3 is 9.84 Å². The molecular formula is C32H32N2O4S. The van der Waals surface area contributed by atoms with Gasteiger partial charge in [0.2, 0.25) is 0 Å². The van der Waals surface area contributed by atoms with Crippen LogP contribution in [-0.4, -0.2) is 28.4 Å². The minimum Gasteiger partial charge on any atom is -0.507 e. The number of Topliss-reactive ketones (excluding diaryl/α,β-unsaturated/α-hetero) is 1. The molecule has 200 valence electrons. The number of benzene rings is 3. The van der Waals surface area contributed by atoms with Gasteiger partial charge in [0.25, 0.3) is 5.78 Å². The third kappa shape index (κ3) is 4.83. The first-order valence-corrected chi connectivity index (χ1v) is 13.8. The van der Waals surface area contributed by atoms with Crippen molar-refractivity contribution in [3.63, 3.8) is 0 Å². The van der Waals surface area contributed by atoms with Crippen molar-refractivity contribution in [2.75, 3.05) is 11.5 Å². The molecular weight excluding hydrogens is 508 g/mol. The molecule has 1 aliphatic heterocycles.